The van der Waals surface area contributed by atoms with Gasteiger partial charge in [-0.1, -0.05) is 17.7 Å². The highest BCUT2D eigenvalue weighted by Crippen LogP contribution is 2.33. The van der Waals surface area contributed by atoms with E-state index in [1.165, 1.54) is 6.33 Å². The van der Waals surface area contributed by atoms with Gasteiger partial charge in [0.1, 0.15) is 24.2 Å². The number of hydrogen-bond acceptors (Lipinski definition) is 7. The van der Waals surface area contributed by atoms with Gasteiger partial charge >= 0.3 is 0 Å². The van der Waals surface area contributed by atoms with E-state index in [0.717, 1.165) is 48.3 Å². The molecule has 1 aliphatic rings. The van der Waals surface area contributed by atoms with Gasteiger partial charge in [0.25, 0.3) is 0 Å². The first-order chi connectivity index (χ1) is 16.2. The number of nitrogens with zero attached hydrogens (tertiary/aromatic N) is 4. The topological polar surface area (TPSA) is 99.6 Å². The van der Waals surface area contributed by atoms with Gasteiger partial charge in [-0.25, -0.2) is 9.50 Å². The van der Waals surface area contributed by atoms with E-state index in [1.807, 2.05) is 42.6 Å². The average molecular weight is 465 g/mol. The number of fused-ring (bicyclic) bond motifs is 1. The second-order valence-corrected chi connectivity index (χ2v) is 8.52. The zero-order valence-electron chi connectivity index (χ0n) is 18.0. The maximum Gasteiger partial charge on any atom is 0.162 e. The zero-order valence-corrected chi connectivity index (χ0v) is 18.8. The summed E-state index contributed by atoms with van der Waals surface area (Å²) < 4.78 is 13.9. The molecule has 4 aromatic rings. The first kappa shape index (κ1) is 21.5. The van der Waals surface area contributed by atoms with Gasteiger partial charge in [-0.05, 0) is 56.0 Å². The molecule has 170 valence electrons. The van der Waals surface area contributed by atoms with E-state index >= 15 is 0 Å². The molecular formula is C24H25ClN6O2. The standard InChI is InChI=1S/C24H25ClN6O2/c25-20-13-17(6-9-21(20)32-14-18-3-1-2-11-27-18)30-24-23-22(10-12-31(23)29-15-28-24)33-19-7-4-16(26)5-8-19/h1-3,6,9-13,15-16,19H,4-5,7-8,14,26H2,(H,28,29,30). The van der Waals surface area contributed by atoms with E-state index in [-0.39, 0.29) is 12.1 Å². The van der Waals surface area contributed by atoms with E-state index in [2.05, 4.69) is 20.4 Å². The summed E-state index contributed by atoms with van der Waals surface area (Å²) in [7, 11) is 0. The zero-order chi connectivity index (χ0) is 22.6. The van der Waals surface area contributed by atoms with E-state index in [9.17, 15) is 0 Å². The van der Waals surface area contributed by atoms with Gasteiger partial charge in [0, 0.05) is 30.2 Å². The van der Waals surface area contributed by atoms with Gasteiger partial charge in [0.2, 0.25) is 0 Å². The Kier molecular flexibility index (Phi) is 6.28. The van der Waals surface area contributed by atoms with Crippen LogP contribution in [0.25, 0.3) is 5.52 Å². The van der Waals surface area contributed by atoms with Gasteiger partial charge < -0.3 is 20.5 Å². The lowest BCUT2D eigenvalue weighted by molar-refractivity contribution is 0.149. The summed E-state index contributed by atoms with van der Waals surface area (Å²) in [5, 5.41) is 8.14. The molecule has 3 heterocycles. The SMILES string of the molecule is NC1CCC(Oc2ccn3ncnc(Nc4ccc(OCc5ccccn5)c(Cl)c4)c23)CC1. The third-order valence-corrected chi connectivity index (χ3v) is 6.02. The Labute approximate surface area is 196 Å². The number of nitrogens with two attached hydrogens (primary N) is 1. The van der Waals surface area contributed by atoms with E-state index in [1.54, 1.807) is 16.8 Å². The van der Waals surface area contributed by atoms with Crippen LogP contribution in [0.2, 0.25) is 5.02 Å². The van der Waals surface area contributed by atoms with Crippen molar-refractivity contribution in [1.29, 1.82) is 0 Å². The number of nitrogens with one attached hydrogen (secondary N) is 1. The minimum Gasteiger partial charge on any atom is -0.488 e. The van der Waals surface area contributed by atoms with Crippen LogP contribution in [0.5, 0.6) is 11.5 Å². The quantitative estimate of drug-likeness (QED) is 0.407. The van der Waals surface area contributed by atoms with Crippen LogP contribution in [0.3, 0.4) is 0 Å². The number of anilines is 2. The number of pyridine rings is 1. The highest BCUT2D eigenvalue weighted by Gasteiger charge is 2.22. The van der Waals surface area contributed by atoms with Crippen molar-refractivity contribution < 1.29 is 9.47 Å². The van der Waals surface area contributed by atoms with Crippen LogP contribution >= 0.6 is 11.6 Å². The van der Waals surface area contributed by atoms with Crippen molar-refractivity contribution in [3.63, 3.8) is 0 Å². The summed E-state index contributed by atoms with van der Waals surface area (Å²) in [6.07, 6.45) is 9.11. The second kappa shape index (κ2) is 9.64. The number of rotatable bonds is 7. The van der Waals surface area contributed by atoms with Gasteiger partial charge in [-0.2, -0.15) is 5.10 Å². The second-order valence-electron chi connectivity index (χ2n) is 8.12. The fourth-order valence-electron chi connectivity index (χ4n) is 3.97. The minimum absolute atomic E-state index is 0.147. The van der Waals surface area contributed by atoms with Crippen LogP contribution in [0.1, 0.15) is 31.4 Å². The number of ether oxygens (including phenoxy) is 2. The summed E-state index contributed by atoms with van der Waals surface area (Å²) in [5.74, 6) is 1.97. The highest BCUT2D eigenvalue weighted by atomic mass is 35.5. The predicted molar refractivity (Wildman–Crippen MR) is 127 cm³/mol. The Balaban J connectivity index is 1.32. The Bertz CT molecular complexity index is 1220. The molecular weight excluding hydrogens is 440 g/mol. The minimum atomic E-state index is 0.147. The molecule has 1 fully saturated rings. The van der Waals surface area contributed by atoms with Crippen molar-refractivity contribution in [2.45, 2.75) is 44.4 Å². The van der Waals surface area contributed by atoms with Gasteiger partial charge in [0.05, 0.1) is 16.8 Å². The lowest BCUT2D eigenvalue weighted by atomic mass is 9.94. The van der Waals surface area contributed by atoms with Gasteiger partial charge in [-0.3, -0.25) is 4.98 Å². The molecule has 0 radical (unpaired) electrons. The normalized spacial score (nSPS) is 18.2. The molecule has 33 heavy (non-hydrogen) atoms. The smallest absolute Gasteiger partial charge is 0.162 e. The van der Waals surface area contributed by atoms with Crippen molar-refractivity contribution in [3.05, 3.63) is 71.9 Å². The van der Waals surface area contributed by atoms with Crippen molar-refractivity contribution in [2.75, 3.05) is 5.32 Å². The number of aromatic nitrogens is 4. The van der Waals surface area contributed by atoms with Crippen LogP contribution in [-0.2, 0) is 6.61 Å². The summed E-state index contributed by atoms with van der Waals surface area (Å²) in [5.41, 5.74) is 8.42. The molecule has 9 heteroatoms. The van der Waals surface area contributed by atoms with Crippen LogP contribution < -0.4 is 20.5 Å². The van der Waals surface area contributed by atoms with Crippen LogP contribution in [0, 0.1) is 0 Å². The van der Waals surface area contributed by atoms with Gasteiger partial charge in [0.15, 0.2) is 11.6 Å². The van der Waals surface area contributed by atoms with Crippen molar-refractivity contribution >= 4 is 28.6 Å². The molecule has 3 N–H and O–H groups in total. The Morgan fingerprint density at radius 3 is 2.73 bits per heavy atom. The molecule has 0 atom stereocenters. The molecule has 0 unspecified atom stereocenters. The number of halogens is 1. The van der Waals surface area contributed by atoms with Crippen LogP contribution in [0.15, 0.2) is 61.2 Å². The Morgan fingerprint density at radius 2 is 1.94 bits per heavy atom. The molecule has 0 bridgehead atoms. The van der Waals surface area contributed by atoms with Crippen LogP contribution in [-0.4, -0.2) is 31.7 Å². The Hall–Kier alpha value is -3.36. The highest BCUT2D eigenvalue weighted by molar-refractivity contribution is 6.32. The van der Waals surface area contributed by atoms with E-state index in [0.29, 0.717) is 23.2 Å². The summed E-state index contributed by atoms with van der Waals surface area (Å²) in [4.78, 5) is 8.70. The Morgan fingerprint density at radius 1 is 1.06 bits per heavy atom. The molecule has 5 rings (SSSR count). The predicted octanol–water partition coefficient (Wildman–Crippen LogP) is 4.75. The molecule has 0 aliphatic heterocycles. The molecule has 0 saturated heterocycles. The van der Waals surface area contributed by atoms with Crippen molar-refractivity contribution in [1.82, 2.24) is 19.6 Å². The molecule has 1 aromatic carbocycles. The lowest BCUT2D eigenvalue weighted by Gasteiger charge is -2.26. The molecule has 0 amide bonds. The monoisotopic (exact) mass is 464 g/mol. The van der Waals surface area contributed by atoms with Crippen molar-refractivity contribution in [2.24, 2.45) is 5.73 Å². The first-order valence-corrected chi connectivity index (χ1v) is 11.4. The molecule has 8 nitrogen and oxygen atoms in total. The maximum absolute atomic E-state index is 6.47. The largest absolute Gasteiger partial charge is 0.488 e. The third kappa shape index (κ3) is 5.02. The number of benzene rings is 1. The summed E-state index contributed by atoms with van der Waals surface area (Å²) in [6.45, 7) is 0.344. The summed E-state index contributed by atoms with van der Waals surface area (Å²) >= 11 is 6.47. The molecule has 3 aromatic heterocycles. The van der Waals surface area contributed by atoms with Crippen LogP contribution in [0.4, 0.5) is 11.5 Å². The third-order valence-electron chi connectivity index (χ3n) is 5.73. The summed E-state index contributed by atoms with van der Waals surface area (Å²) in [6, 6.07) is 13.4. The average Bonchev–Trinajstić information content (AvgIpc) is 3.24. The van der Waals surface area contributed by atoms with Gasteiger partial charge in [-0.15, -0.1) is 0 Å². The fourth-order valence-corrected chi connectivity index (χ4v) is 4.20. The lowest BCUT2D eigenvalue weighted by Crippen LogP contribution is -2.31. The number of hydrogen-bond donors (Lipinski definition) is 2. The maximum atomic E-state index is 6.47. The first-order valence-electron chi connectivity index (χ1n) is 11.0. The van der Waals surface area contributed by atoms with Crippen molar-refractivity contribution in [3.8, 4) is 11.5 Å². The molecule has 1 saturated carbocycles. The molecule has 1 aliphatic carbocycles. The fraction of sp³-hybridized carbons (Fsp3) is 0.292. The van der Waals surface area contributed by atoms with E-state index in [4.69, 9.17) is 26.8 Å². The van der Waals surface area contributed by atoms with E-state index < -0.39 is 0 Å². The molecule has 0 spiro atoms.